The third kappa shape index (κ3) is 3.65. The van der Waals surface area contributed by atoms with Gasteiger partial charge >= 0.3 is 0 Å². The Morgan fingerprint density at radius 2 is 1.80 bits per heavy atom. The van der Waals surface area contributed by atoms with E-state index in [1.54, 1.807) is 38.4 Å². The van der Waals surface area contributed by atoms with Crippen LogP contribution >= 0.6 is 11.8 Å². The Bertz CT molecular complexity index is 549. The molecule has 0 amide bonds. The second-order valence-electron chi connectivity index (χ2n) is 4.21. The van der Waals surface area contributed by atoms with Crippen molar-refractivity contribution in [2.45, 2.75) is 10.9 Å². The first-order valence-corrected chi connectivity index (χ1v) is 7.23. The van der Waals surface area contributed by atoms with Crippen LogP contribution in [0.3, 0.4) is 0 Å². The molecule has 0 fully saturated rings. The lowest BCUT2D eigenvalue weighted by Crippen LogP contribution is -2.13. The maximum atomic E-state index is 6.23. The molecule has 2 aromatic rings. The third-order valence-corrected chi connectivity index (χ3v) is 4.05. The first kappa shape index (κ1) is 14.7. The minimum absolute atomic E-state index is 0.0621. The summed E-state index contributed by atoms with van der Waals surface area (Å²) in [7, 11) is 3.25. The van der Waals surface area contributed by atoms with E-state index in [1.165, 1.54) is 0 Å². The monoisotopic (exact) mass is 290 g/mol. The molecule has 0 aliphatic rings. The van der Waals surface area contributed by atoms with E-state index in [9.17, 15) is 0 Å². The van der Waals surface area contributed by atoms with Gasteiger partial charge < -0.3 is 15.2 Å². The molecule has 0 aliphatic carbocycles. The number of hydrogen-bond donors (Lipinski definition) is 1. The molecule has 0 radical (unpaired) electrons. The fourth-order valence-corrected chi connectivity index (χ4v) is 2.68. The van der Waals surface area contributed by atoms with Gasteiger partial charge in [0, 0.05) is 29.1 Å². The molecule has 0 spiro atoms. The van der Waals surface area contributed by atoms with Gasteiger partial charge in [0.2, 0.25) is 0 Å². The predicted octanol–water partition coefficient (Wildman–Crippen LogP) is 2.89. The molecular formula is C15H18N2O2S. The molecule has 20 heavy (non-hydrogen) atoms. The van der Waals surface area contributed by atoms with E-state index in [0.717, 1.165) is 16.2 Å². The molecule has 106 valence electrons. The predicted molar refractivity (Wildman–Crippen MR) is 81.4 cm³/mol. The molecular weight excluding hydrogens is 272 g/mol. The summed E-state index contributed by atoms with van der Waals surface area (Å²) in [6.45, 7) is 0. The van der Waals surface area contributed by atoms with Crippen LogP contribution < -0.4 is 15.2 Å². The van der Waals surface area contributed by atoms with Gasteiger partial charge in [0.05, 0.1) is 14.2 Å². The summed E-state index contributed by atoms with van der Waals surface area (Å²) < 4.78 is 10.5. The Kier molecular flexibility index (Phi) is 5.26. The first-order valence-electron chi connectivity index (χ1n) is 6.25. The lowest BCUT2D eigenvalue weighted by Gasteiger charge is -2.14. The highest BCUT2D eigenvalue weighted by Crippen LogP contribution is 2.31. The van der Waals surface area contributed by atoms with E-state index >= 15 is 0 Å². The first-order chi connectivity index (χ1) is 9.74. The second kappa shape index (κ2) is 7.17. The molecule has 0 bridgehead atoms. The van der Waals surface area contributed by atoms with Crippen LogP contribution in [0.1, 0.15) is 11.6 Å². The van der Waals surface area contributed by atoms with Crippen molar-refractivity contribution in [3.8, 4) is 11.5 Å². The molecule has 1 aromatic heterocycles. The highest BCUT2D eigenvalue weighted by molar-refractivity contribution is 7.99. The van der Waals surface area contributed by atoms with E-state index in [-0.39, 0.29) is 6.04 Å². The SMILES string of the molecule is COc1ccc(C(N)CSc2ccncc2)cc1OC. The highest BCUT2D eigenvalue weighted by Gasteiger charge is 2.11. The summed E-state index contributed by atoms with van der Waals surface area (Å²) in [6.07, 6.45) is 3.56. The smallest absolute Gasteiger partial charge is 0.161 e. The normalized spacial score (nSPS) is 11.9. The van der Waals surface area contributed by atoms with Crippen LogP contribution in [0, 0.1) is 0 Å². The molecule has 4 nitrogen and oxygen atoms in total. The Morgan fingerprint density at radius 1 is 1.10 bits per heavy atom. The number of aromatic nitrogens is 1. The van der Waals surface area contributed by atoms with E-state index in [1.807, 2.05) is 30.3 Å². The number of nitrogens with zero attached hydrogens (tertiary/aromatic N) is 1. The molecule has 0 aliphatic heterocycles. The van der Waals surface area contributed by atoms with Gasteiger partial charge in [0.25, 0.3) is 0 Å². The van der Waals surface area contributed by atoms with Crippen LogP contribution in [-0.2, 0) is 0 Å². The fraction of sp³-hybridized carbons (Fsp3) is 0.267. The van der Waals surface area contributed by atoms with Gasteiger partial charge in [-0.05, 0) is 29.8 Å². The summed E-state index contributed by atoms with van der Waals surface area (Å²) in [4.78, 5) is 5.16. The topological polar surface area (TPSA) is 57.4 Å². The standard InChI is InChI=1S/C15H18N2O2S/c1-18-14-4-3-11(9-15(14)19-2)13(16)10-20-12-5-7-17-8-6-12/h3-9,13H,10,16H2,1-2H3. The molecule has 2 rings (SSSR count). The van der Waals surface area contributed by atoms with Gasteiger partial charge in [0.1, 0.15) is 0 Å². The Hall–Kier alpha value is -1.72. The number of pyridine rings is 1. The maximum Gasteiger partial charge on any atom is 0.161 e. The third-order valence-electron chi connectivity index (χ3n) is 2.92. The number of benzene rings is 1. The maximum absolute atomic E-state index is 6.23. The van der Waals surface area contributed by atoms with Crippen molar-refractivity contribution in [3.05, 3.63) is 48.3 Å². The minimum Gasteiger partial charge on any atom is -0.493 e. The van der Waals surface area contributed by atoms with Gasteiger partial charge in [-0.15, -0.1) is 11.8 Å². The lowest BCUT2D eigenvalue weighted by atomic mass is 10.1. The summed E-state index contributed by atoms with van der Waals surface area (Å²) in [5.74, 6) is 2.21. The van der Waals surface area contributed by atoms with E-state index < -0.39 is 0 Å². The zero-order valence-corrected chi connectivity index (χ0v) is 12.4. The summed E-state index contributed by atoms with van der Waals surface area (Å²) in [5, 5.41) is 0. The molecule has 2 N–H and O–H groups in total. The van der Waals surface area contributed by atoms with Crippen LogP contribution in [0.25, 0.3) is 0 Å². The van der Waals surface area contributed by atoms with E-state index in [2.05, 4.69) is 4.98 Å². The summed E-state index contributed by atoms with van der Waals surface area (Å²) >= 11 is 1.71. The van der Waals surface area contributed by atoms with Crippen LogP contribution in [0.2, 0.25) is 0 Å². The van der Waals surface area contributed by atoms with Crippen LogP contribution in [0.5, 0.6) is 11.5 Å². The van der Waals surface area contributed by atoms with Gasteiger partial charge in [-0.25, -0.2) is 0 Å². The number of rotatable bonds is 6. The van der Waals surface area contributed by atoms with Crippen molar-refractivity contribution in [2.24, 2.45) is 5.73 Å². The summed E-state index contributed by atoms with van der Waals surface area (Å²) in [5.41, 5.74) is 7.26. The fourth-order valence-electron chi connectivity index (χ4n) is 1.80. The zero-order valence-electron chi connectivity index (χ0n) is 11.6. The van der Waals surface area contributed by atoms with Gasteiger partial charge in [-0.3, -0.25) is 4.98 Å². The highest BCUT2D eigenvalue weighted by atomic mass is 32.2. The number of methoxy groups -OCH3 is 2. The number of thioether (sulfide) groups is 1. The van der Waals surface area contributed by atoms with Crippen molar-refractivity contribution in [1.29, 1.82) is 0 Å². The van der Waals surface area contributed by atoms with Crippen LogP contribution in [-0.4, -0.2) is 25.0 Å². The Morgan fingerprint density at radius 3 is 2.45 bits per heavy atom. The van der Waals surface area contributed by atoms with Crippen molar-refractivity contribution >= 4 is 11.8 Å². The molecule has 1 aromatic carbocycles. The van der Waals surface area contributed by atoms with Gasteiger partial charge in [0.15, 0.2) is 11.5 Å². The summed E-state index contributed by atoms with van der Waals surface area (Å²) in [6, 6.07) is 9.67. The van der Waals surface area contributed by atoms with Crippen molar-refractivity contribution in [1.82, 2.24) is 4.98 Å². The van der Waals surface area contributed by atoms with E-state index in [0.29, 0.717) is 11.5 Å². The van der Waals surface area contributed by atoms with E-state index in [4.69, 9.17) is 15.2 Å². The number of ether oxygens (including phenoxy) is 2. The number of hydrogen-bond acceptors (Lipinski definition) is 5. The van der Waals surface area contributed by atoms with Crippen molar-refractivity contribution in [3.63, 3.8) is 0 Å². The van der Waals surface area contributed by atoms with Crippen molar-refractivity contribution < 1.29 is 9.47 Å². The lowest BCUT2D eigenvalue weighted by molar-refractivity contribution is 0.354. The number of nitrogens with two attached hydrogens (primary N) is 1. The van der Waals surface area contributed by atoms with Crippen LogP contribution in [0.4, 0.5) is 0 Å². The quantitative estimate of drug-likeness (QED) is 0.829. The zero-order chi connectivity index (χ0) is 14.4. The Balaban J connectivity index is 2.03. The average Bonchev–Trinajstić information content (AvgIpc) is 2.52. The van der Waals surface area contributed by atoms with Gasteiger partial charge in [-0.1, -0.05) is 6.07 Å². The van der Waals surface area contributed by atoms with Gasteiger partial charge in [-0.2, -0.15) is 0 Å². The second-order valence-corrected chi connectivity index (χ2v) is 5.31. The molecule has 5 heteroatoms. The molecule has 1 heterocycles. The molecule has 0 saturated carbocycles. The largest absolute Gasteiger partial charge is 0.493 e. The minimum atomic E-state index is -0.0621. The average molecular weight is 290 g/mol. The molecule has 0 saturated heterocycles. The van der Waals surface area contributed by atoms with Crippen LogP contribution in [0.15, 0.2) is 47.6 Å². The molecule has 1 unspecified atom stereocenters. The molecule has 1 atom stereocenters. The Labute approximate surface area is 123 Å². The van der Waals surface area contributed by atoms with Crippen molar-refractivity contribution in [2.75, 3.05) is 20.0 Å².